The lowest BCUT2D eigenvalue weighted by Gasteiger charge is -2.17. The molecule has 1 aromatic rings. The second-order valence-corrected chi connectivity index (χ2v) is 4.76. The van der Waals surface area contributed by atoms with Gasteiger partial charge in [0.1, 0.15) is 0 Å². The van der Waals surface area contributed by atoms with E-state index in [1.165, 1.54) is 0 Å². The van der Waals surface area contributed by atoms with E-state index in [0.717, 1.165) is 41.8 Å². The van der Waals surface area contributed by atoms with Crippen LogP contribution in [0.1, 0.15) is 19.8 Å². The van der Waals surface area contributed by atoms with Crippen molar-refractivity contribution in [1.82, 2.24) is 9.55 Å². The normalized spacial score (nSPS) is 11.2. The molecule has 0 atom stereocenters. The predicted molar refractivity (Wildman–Crippen MR) is 77.5 cm³/mol. The average molecular weight is 252 g/mol. The van der Waals surface area contributed by atoms with Gasteiger partial charge in [-0.05, 0) is 30.7 Å². The molecule has 96 valence electrons. The van der Waals surface area contributed by atoms with Crippen LogP contribution < -0.4 is 5.43 Å². The smallest absolute Gasteiger partial charge is 0.180 e. The molecule has 0 unspecified atom stereocenters. The quantitative estimate of drug-likeness (QED) is 0.670. The Morgan fingerprint density at radius 2 is 2.00 bits per heavy atom. The van der Waals surface area contributed by atoms with Gasteiger partial charge >= 0.3 is 0 Å². The molecule has 19 heavy (non-hydrogen) atoms. The lowest BCUT2D eigenvalue weighted by atomic mass is 10.1. The highest BCUT2D eigenvalue weighted by Crippen LogP contribution is 2.24. The third-order valence-corrected chi connectivity index (χ3v) is 3.39. The molecule has 0 saturated carbocycles. The summed E-state index contributed by atoms with van der Waals surface area (Å²) in [6.07, 6.45) is 2.22. The standard InChI is InChI=1S/C16H16N2O/c1-2-3-10-18-15-7-5-4-6-13(15)17-14-9-8-12(19)11-16(14)18/h4-9,11H,2-3,10H2,1H3. The summed E-state index contributed by atoms with van der Waals surface area (Å²) in [4.78, 5) is 16.2. The third-order valence-electron chi connectivity index (χ3n) is 3.39. The van der Waals surface area contributed by atoms with Gasteiger partial charge in [0.25, 0.3) is 0 Å². The summed E-state index contributed by atoms with van der Waals surface area (Å²) in [5, 5.41) is 0. The van der Waals surface area contributed by atoms with E-state index in [1.54, 1.807) is 12.1 Å². The molecule has 0 saturated heterocycles. The van der Waals surface area contributed by atoms with Crippen molar-refractivity contribution in [3.63, 3.8) is 0 Å². The second kappa shape index (κ2) is 4.84. The Morgan fingerprint density at radius 3 is 2.84 bits per heavy atom. The van der Waals surface area contributed by atoms with E-state index in [-0.39, 0.29) is 5.43 Å². The van der Waals surface area contributed by atoms with Crippen molar-refractivity contribution in [3.05, 3.63) is 52.7 Å². The maximum atomic E-state index is 11.6. The van der Waals surface area contributed by atoms with Crippen LogP contribution in [0.25, 0.3) is 22.4 Å². The summed E-state index contributed by atoms with van der Waals surface area (Å²) >= 11 is 0. The summed E-state index contributed by atoms with van der Waals surface area (Å²) < 4.78 is 2.21. The highest BCUT2D eigenvalue weighted by molar-refractivity contribution is 5.80. The van der Waals surface area contributed by atoms with Gasteiger partial charge in [0.05, 0.1) is 22.4 Å². The van der Waals surface area contributed by atoms with Crippen molar-refractivity contribution in [1.29, 1.82) is 0 Å². The van der Waals surface area contributed by atoms with Gasteiger partial charge in [-0.2, -0.15) is 0 Å². The molecule has 1 aromatic carbocycles. The first-order valence-electron chi connectivity index (χ1n) is 6.69. The lowest BCUT2D eigenvalue weighted by Crippen LogP contribution is -2.11. The van der Waals surface area contributed by atoms with Gasteiger partial charge in [0, 0.05) is 12.6 Å². The van der Waals surface area contributed by atoms with Crippen LogP contribution in [-0.2, 0) is 6.54 Å². The van der Waals surface area contributed by atoms with E-state index in [0.29, 0.717) is 0 Å². The molecule has 3 nitrogen and oxygen atoms in total. The van der Waals surface area contributed by atoms with E-state index in [2.05, 4.69) is 22.5 Å². The van der Waals surface area contributed by atoms with Crippen molar-refractivity contribution in [2.75, 3.05) is 0 Å². The van der Waals surface area contributed by atoms with E-state index >= 15 is 0 Å². The molecule has 0 N–H and O–H groups in total. The number of benzene rings is 2. The zero-order valence-corrected chi connectivity index (χ0v) is 11.0. The second-order valence-electron chi connectivity index (χ2n) is 4.76. The maximum absolute atomic E-state index is 11.6. The number of aromatic nitrogens is 2. The van der Waals surface area contributed by atoms with E-state index < -0.39 is 0 Å². The van der Waals surface area contributed by atoms with Crippen LogP contribution in [0.15, 0.2) is 47.3 Å². The van der Waals surface area contributed by atoms with Crippen LogP contribution >= 0.6 is 0 Å². The number of aryl methyl sites for hydroxylation is 1. The van der Waals surface area contributed by atoms with Crippen LogP contribution in [0, 0.1) is 0 Å². The first-order chi connectivity index (χ1) is 9.29. The molecule has 0 bridgehead atoms. The molecule has 1 heterocycles. The Kier molecular flexibility index (Phi) is 3.03. The van der Waals surface area contributed by atoms with Crippen LogP contribution in [0.4, 0.5) is 0 Å². The first kappa shape index (κ1) is 11.9. The van der Waals surface area contributed by atoms with Crippen molar-refractivity contribution in [3.8, 4) is 11.4 Å². The van der Waals surface area contributed by atoms with E-state index in [1.807, 2.05) is 24.3 Å². The van der Waals surface area contributed by atoms with E-state index in [4.69, 9.17) is 0 Å². The molecule has 0 fully saturated rings. The predicted octanol–water partition coefficient (Wildman–Crippen LogP) is 3.30. The van der Waals surface area contributed by atoms with Crippen molar-refractivity contribution in [2.24, 2.45) is 0 Å². The number of hydrogen-bond donors (Lipinski definition) is 0. The maximum Gasteiger partial charge on any atom is 0.180 e. The molecule has 1 aliphatic carbocycles. The molecule has 0 spiro atoms. The molecule has 1 aliphatic heterocycles. The van der Waals surface area contributed by atoms with Crippen LogP contribution in [-0.4, -0.2) is 9.55 Å². The van der Waals surface area contributed by atoms with Crippen LogP contribution in [0.5, 0.6) is 0 Å². The van der Waals surface area contributed by atoms with Gasteiger partial charge in [-0.25, -0.2) is 4.98 Å². The van der Waals surface area contributed by atoms with Gasteiger partial charge < -0.3 is 4.57 Å². The number of para-hydroxylation sites is 2. The first-order valence-corrected chi connectivity index (χ1v) is 6.69. The minimum Gasteiger partial charge on any atom is -0.338 e. The summed E-state index contributed by atoms with van der Waals surface area (Å²) in [7, 11) is 0. The zero-order valence-electron chi connectivity index (χ0n) is 11.0. The Hall–Kier alpha value is -2.16. The fraction of sp³-hybridized carbons (Fsp3) is 0.250. The van der Waals surface area contributed by atoms with Gasteiger partial charge in [-0.3, -0.25) is 4.79 Å². The minimum absolute atomic E-state index is 0.0369. The molecular weight excluding hydrogens is 236 g/mol. The molecule has 0 aromatic heterocycles. The SMILES string of the molecule is CCCCn1c2cc(=O)ccc-2nc2ccccc21. The Morgan fingerprint density at radius 1 is 1.16 bits per heavy atom. The number of fused-ring (bicyclic) bond motifs is 2. The summed E-state index contributed by atoms with van der Waals surface area (Å²) in [6, 6.07) is 13.2. The number of unbranched alkanes of at least 4 members (excludes halogenated alkanes) is 1. The summed E-state index contributed by atoms with van der Waals surface area (Å²) in [5.74, 6) is 0. The van der Waals surface area contributed by atoms with Gasteiger partial charge in [0.2, 0.25) is 0 Å². The highest BCUT2D eigenvalue weighted by Gasteiger charge is 2.11. The molecular formula is C16H16N2O. The van der Waals surface area contributed by atoms with Crippen molar-refractivity contribution < 1.29 is 0 Å². The number of hydrogen-bond acceptors (Lipinski definition) is 2. The highest BCUT2D eigenvalue weighted by atomic mass is 16.1. The third kappa shape index (κ3) is 2.12. The molecule has 3 rings (SSSR count). The van der Waals surface area contributed by atoms with Gasteiger partial charge in [-0.1, -0.05) is 25.5 Å². The largest absolute Gasteiger partial charge is 0.338 e. The minimum atomic E-state index is 0.0369. The average Bonchev–Trinajstić information content (AvgIpc) is 2.44. The monoisotopic (exact) mass is 252 g/mol. The van der Waals surface area contributed by atoms with Crippen LogP contribution in [0.3, 0.4) is 0 Å². The van der Waals surface area contributed by atoms with Crippen molar-refractivity contribution in [2.45, 2.75) is 26.3 Å². The van der Waals surface area contributed by atoms with E-state index in [9.17, 15) is 4.79 Å². The van der Waals surface area contributed by atoms with Gasteiger partial charge in [0.15, 0.2) is 5.43 Å². The molecule has 3 heteroatoms. The zero-order chi connectivity index (χ0) is 13.2. The molecule has 2 aliphatic rings. The fourth-order valence-corrected chi connectivity index (χ4v) is 2.42. The topological polar surface area (TPSA) is 34.9 Å². The van der Waals surface area contributed by atoms with Crippen molar-refractivity contribution >= 4 is 11.0 Å². The summed E-state index contributed by atoms with van der Waals surface area (Å²) in [5.41, 5.74) is 3.92. The Bertz CT molecular complexity index is 745. The Labute approximate surface area is 111 Å². The number of rotatable bonds is 3. The summed E-state index contributed by atoms with van der Waals surface area (Å²) in [6.45, 7) is 3.09. The Balaban J connectivity index is 2.36. The van der Waals surface area contributed by atoms with Gasteiger partial charge in [-0.15, -0.1) is 0 Å². The molecule has 0 amide bonds. The molecule has 0 radical (unpaired) electrons. The lowest BCUT2D eigenvalue weighted by molar-refractivity contribution is 0.648. The number of nitrogens with zero attached hydrogens (tertiary/aromatic N) is 2. The fourth-order valence-electron chi connectivity index (χ4n) is 2.42. The van der Waals surface area contributed by atoms with Crippen LogP contribution in [0.2, 0.25) is 0 Å².